The lowest BCUT2D eigenvalue weighted by molar-refractivity contribution is 0.408. The molecule has 0 saturated carbocycles. The minimum Gasteiger partial charge on any atom is -0.504 e. The highest BCUT2D eigenvalue weighted by molar-refractivity contribution is 8.93. The number of aromatic hydroxyl groups is 2. The number of rotatable bonds is 0. The number of phenolic OH excluding ortho intramolecular Hbond substituents is 2. The molecule has 2 aromatic rings. The van der Waals surface area contributed by atoms with E-state index >= 15 is 0 Å². The number of halogens is 1. The first-order valence-electron chi connectivity index (χ1n) is 4.01. The minimum atomic E-state index is -0.472. The van der Waals surface area contributed by atoms with Crippen molar-refractivity contribution in [3.8, 4) is 11.5 Å². The zero-order chi connectivity index (χ0) is 10.3. The second kappa shape index (κ2) is 3.90. The maximum atomic E-state index is 11.0. The molecule has 0 aliphatic rings. The molecule has 1 heterocycles. The molecule has 1 aromatic heterocycles. The molecule has 15 heavy (non-hydrogen) atoms. The Morgan fingerprint density at radius 1 is 1.33 bits per heavy atom. The van der Waals surface area contributed by atoms with E-state index < -0.39 is 5.69 Å². The molecule has 80 valence electrons. The summed E-state index contributed by atoms with van der Waals surface area (Å²) in [4.78, 5) is 17.1. The molecule has 0 bridgehead atoms. The van der Waals surface area contributed by atoms with Crippen LogP contribution in [0.3, 0.4) is 0 Å². The van der Waals surface area contributed by atoms with Gasteiger partial charge in [-0.3, -0.25) is 0 Å². The van der Waals surface area contributed by atoms with Crippen LogP contribution in [0.1, 0.15) is 5.69 Å². The van der Waals surface area contributed by atoms with Gasteiger partial charge in [0.05, 0.1) is 10.9 Å². The second-order valence-corrected chi connectivity index (χ2v) is 2.99. The highest BCUT2D eigenvalue weighted by Gasteiger charge is 2.09. The number of benzene rings is 1. The Hall–Kier alpha value is -1.56. The summed E-state index contributed by atoms with van der Waals surface area (Å²) in [5, 5.41) is 19.1. The van der Waals surface area contributed by atoms with Crippen LogP contribution in [-0.2, 0) is 0 Å². The molecule has 0 amide bonds. The fourth-order valence-electron chi connectivity index (χ4n) is 1.39. The van der Waals surface area contributed by atoms with E-state index in [0.29, 0.717) is 16.6 Å². The molecular formula is C9H9BrN2O3. The van der Waals surface area contributed by atoms with Crippen LogP contribution < -0.4 is 5.69 Å². The van der Waals surface area contributed by atoms with Crippen LogP contribution in [0.4, 0.5) is 0 Å². The number of hydrogen-bond donors (Lipinski definition) is 3. The Kier molecular flexibility index (Phi) is 2.99. The van der Waals surface area contributed by atoms with Crippen LogP contribution in [0.5, 0.6) is 11.5 Å². The smallest absolute Gasteiger partial charge is 0.345 e. The van der Waals surface area contributed by atoms with Crippen LogP contribution in [0, 0.1) is 6.92 Å². The highest BCUT2D eigenvalue weighted by Crippen LogP contribution is 2.32. The van der Waals surface area contributed by atoms with Crippen molar-refractivity contribution in [1.82, 2.24) is 9.97 Å². The van der Waals surface area contributed by atoms with Crippen molar-refractivity contribution in [2.45, 2.75) is 6.92 Å². The van der Waals surface area contributed by atoms with E-state index in [0.717, 1.165) is 0 Å². The van der Waals surface area contributed by atoms with Gasteiger partial charge < -0.3 is 15.2 Å². The van der Waals surface area contributed by atoms with Gasteiger partial charge in [0.2, 0.25) is 0 Å². The van der Waals surface area contributed by atoms with Crippen molar-refractivity contribution < 1.29 is 10.2 Å². The number of fused-ring (bicyclic) bond motifs is 1. The number of aromatic nitrogens is 2. The third-order valence-corrected chi connectivity index (χ3v) is 2.03. The summed E-state index contributed by atoms with van der Waals surface area (Å²) in [6.45, 7) is 1.63. The van der Waals surface area contributed by atoms with Gasteiger partial charge in [-0.05, 0) is 19.1 Å². The summed E-state index contributed by atoms with van der Waals surface area (Å²) in [7, 11) is 0. The molecule has 0 aliphatic heterocycles. The first-order valence-corrected chi connectivity index (χ1v) is 4.01. The van der Waals surface area contributed by atoms with Crippen molar-refractivity contribution in [2.75, 3.05) is 0 Å². The second-order valence-electron chi connectivity index (χ2n) is 2.99. The zero-order valence-electron chi connectivity index (χ0n) is 7.81. The normalized spacial score (nSPS) is 9.93. The van der Waals surface area contributed by atoms with E-state index in [4.69, 9.17) is 0 Å². The Bertz CT molecular complexity index is 565. The predicted octanol–water partition coefficient (Wildman–Crippen LogP) is 1.22. The molecule has 0 saturated heterocycles. The topological polar surface area (TPSA) is 86.2 Å². The molecule has 0 radical (unpaired) electrons. The molecule has 0 unspecified atom stereocenters. The summed E-state index contributed by atoms with van der Waals surface area (Å²) < 4.78 is 0. The first-order chi connectivity index (χ1) is 6.59. The number of nitrogens with one attached hydrogen (secondary N) is 1. The highest BCUT2D eigenvalue weighted by atomic mass is 79.9. The van der Waals surface area contributed by atoms with E-state index in [2.05, 4.69) is 9.97 Å². The third-order valence-electron chi connectivity index (χ3n) is 2.03. The van der Waals surface area contributed by atoms with Crippen LogP contribution in [-0.4, -0.2) is 20.2 Å². The SMILES string of the molecule is Br.Cc1[nH]c(=O)nc2ccc(O)c(O)c12. The number of aryl methyl sites for hydroxylation is 1. The molecule has 5 nitrogen and oxygen atoms in total. The maximum Gasteiger partial charge on any atom is 0.345 e. The fourth-order valence-corrected chi connectivity index (χ4v) is 1.39. The maximum absolute atomic E-state index is 11.0. The van der Waals surface area contributed by atoms with Gasteiger partial charge in [0.1, 0.15) is 0 Å². The Morgan fingerprint density at radius 2 is 2.00 bits per heavy atom. The summed E-state index contributed by atoms with van der Waals surface area (Å²) >= 11 is 0. The summed E-state index contributed by atoms with van der Waals surface area (Å²) in [6, 6.07) is 2.77. The quantitative estimate of drug-likeness (QED) is 0.630. The summed E-state index contributed by atoms with van der Waals surface area (Å²) in [5.74, 6) is -0.488. The van der Waals surface area contributed by atoms with Gasteiger partial charge in [0, 0.05) is 5.69 Å². The van der Waals surface area contributed by atoms with Crippen LogP contribution in [0.2, 0.25) is 0 Å². The van der Waals surface area contributed by atoms with Crippen molar-refractivity contribution in [1.29, 1.82) is 0 Å². The van der Waals surface area contributed by atoms with Crippen molar-refractivity contribution in [3.63, 3.8) is 0 Å². The molecule has 0 fully saturated rings. The third kappa shape index (κ3) is 1.80. The number of nitrogens with zero attached hydrogens (tertiary/aromatic N) is 1. The monoisotopic (exact) mass is 272 g/mol. The van der Waals surface area contributed by atoms with E-state index in [1.165, 1.54) is 12.1 Å². The van der Waals surface area contributed by atoms with Crippen molar-refractivity contribution in [3.05, 3.63) is 28.3 Å². The first kappa shape index (κ1) is 11.5. The van der Waals surface area contributed by atoms with Crippen LogP contribution >= 0.6 is 17.0 Å². The van der Waals surface area contributed by atoms with E-state index in [-0.39, 0.29) is 28.5 Å². The largest absolute Gasteiger partial charge is 0.504 e. The van der Waals surface area contributed by atoms with Gasteiger partial charge >= 0.3 is 5.69 Å². The molecule has 2 rings (SSSR count). The number of aromatic amines is 1. The lowest BCUT2D eigenvalue weighted by Crippen LogP contribution is -2.11. The van der Waals surface area contributed by atoms with Crippen LogP contribution in [0.25, 0.3) is 10.9 Å². The molecule has 0 spiro atoms. The standard InChI is InChI=1S/C9H8N2O3.BrH/c1-4-7-5(11-9(14)10-4)2-3-6(12)8(7)13;/h2-3,12-13H,1H3,(H,10,11,14);1H. The van der Waals surface area contributed by atoms with Gasteiger partial charge in [-0.25, -0.2) is 4.79 Å². The number of phenols is 2. The summed E-state index contributed by atoms with van der Waals surface area (Å²) in [5.41, 5.74) is 0.370. The average Bonchev–Trinajstić information content (AvgIpc) is 2.10. The Balaban J connectivity index is 0.00000112. The zero-order valence-corrected chi connectivity index (χ0v) is 9.53. The van der Waals surface area contributed by atoms with Gasteiger partial charge in [0.25, 0.3) is 0 Å². The lowest BCUT2D eigenvalue weighted by Gasteiger charge is -2.04. The van der Waals surface area contributed by atoms with Crippen molar-refractivity contribution in [2.24, 2.45) is 0 Å². The molecule has 1 aromatic carbocycles. The molecule has 6 heteroatoms. The van der Waals surface area contributed by atoms with Gasteiger partial charge in [-0.2, -0.15) is 4.98 Å². The van der Waals surface area contributed by atoms with E-state index in [9.17, 15) is 15.0 Å². The molecular weight excluding hydrogens is 264 g/mol. The fraction of sp³-hybridized carbons (Fsp3) is 0.111. The molecule has 0 aliphatic carbocycles. The molecule has 0 atom stereocenters. The van der Waals surface area contributed by atoms with E-state index in [1.807, 2.05) is 0 Å². The Labute approximate surface area is 95.2 Å². The summed E-state index contributed by atoms with van der Waals surface area (Å²) in [6.07, 6.45) is 0. The number of hydrogen-bond acceptors (Lipinski definition) is 4. The van der Waals surface area contributed by atoms with Crippen molar-refractivity contribution >= 4 is 27.9 Å². The molecule has 3 N–H and O–H groups in total. The average molecular weight is 273 g/mol. The Morgan fingerprint density at radius 3 is 2.67 bits per heavy atom. The predicted molar refractivity (Wildman–Crippen MR) is 60.8 cm³/mol. The minimum absolute atomic E-state index is 0. The van der Waals surface area contributed by atoms with Gasteiger partial charge in [0.15, 0.2) is 11.5 Å². The van der Waals surface area contributed by atoms with Crippen LogP contribution in [0.15, 0.2) is 16.9 Å². The van der Waals surface area contributed by atoms with E-state index in [1.54, 1.807) is 6.92 Å². The lowest BCUT2D eigenvalue weighted by atomic mass is 10.1. The van der Waals surface area contributed by atoms with Gasteiger partial charge in [-0.1, -0.05) is 0 Å². The van der Waals surface area contributed by atoms with Gasteiger partial charge in [-0.15, -0.1) is 17.0 Å². The number of H-pyrrole nitrogens is 1.